The van der Waals surface area contributed by atoms with Gasteiger partial charge in [0.05, 0.1) is 19.3 Å². The van der Waals surface area contributed by atoms with Gasteiger partial charge in [-0.05, 0) is 118 Å². The molecule has 0 bridgehead atoms. The Morgan fingerprint density at radius 1 is 0.967 bits per heavy atom. The van der Waals surface area contributed by atoms with Crippen LogP contribution in [0, 0.1) is 17.3 Å². The van der Waals surface area contributed by atoms with Crippen molar-refractivity contribution in [1.29, 1.82) is 0 Å². The van der Waals surface area contributed by atoms with Crippen LogP contribution in [0.15, 0.2) is 18.2 Å². The number of hydrogen-bond donors (Lipinski definition) is 0. The van der Waals surface area contributed by atoms with Gasteiger partial charge in [0, 0.05) is 0 Å². The van der Waals surface area contributed by atoms with Crippen molar-refractivity contribution < 1.29 is 13.6 Å². The van der Waals surface area contributed by atoms with Crippen LogP contribution in [0.2, 0.25) is 39.3 Å². The van der Waals surface area contributed by atoms with Crippen LogP contribution in [-0.2, 0) is 15.3 Å². The lowest BCUT2D eigenvalue weighted by Crippen LogP contribution is -2.49. The summed E-state index contributed by atoms with van der Waals surface area (Å²) in [7, 11) is -1.45. The van der Waals surface area contributed by atoms with Crippen molar-refractivity contribution in [3.8, 4) is 5.75 Å². The van der Waals surface area contributed by atoms with Gasteiger partial charge in [-0.25, -0.2) is 0 Å². The summed E-state index contributed by atoms with van der Waals surface area (Å²) in [5, 5.41) is 0. The van der Waals surface area contributed by atoms with E-state index in [-0.39, 0.29) is 5.41 Å². The van der Waals surface area contributed by atoms with Gasteiger partial charge in [-0.1, -0.05) is 13.0 Å². The highest BCUT2D eigenvalue weighted by Crippen LogP contribution is 2.62. The Morgan fingerprint density at radius 2 is 1.67 bits per heavy atom. The highest BCUT2D eigenvalue weighted by atomic mass is 28.4. The van der Waals surface area contributed by atoms with Gasteiger partial charge in [0.1, 0.15) is 5.75 Å². The van der Waals surface area contributed by atoms with Gasteiger partial charge >= 0.3 is 0 Å². The second-order valence-electron chi connectivity index (χ2n) is 12.2. The summed E-state index contributed by atoms with van der Waals surface area (Å²) in [5.74, 6) is 2.98. The van der Waals surface area contributed by atoms with Gasteiger partial charge in [-0.2, -0.15) is 0 Å². The molecule has 0 aromatic heterocycles. The molecular weight excluding hydrogens is 404 g/mol. The Morgan fingerprint density at radius 3 is 2.30 bits per heavy atom. The number of hydrogen-bond acceptors (Lipinski definition) is 3. The summed E-state index contributed by atoms with van der Waals surface area (Å²) in [5.41, 5.74) is 3.33. The van der Waals surface area contributed by atoms with Crippen LogP contribution in [0.3, 0.4) is 0 Å². The molecule has 0 spiro atoms. The molecule has 0 heterocycles. The molecule has 1 aromatic carbocycles. The largest absolute Gasteiger partial charge is 0.497 e. The highest BCUT2D eigenvalue weighted by molar-refractivity contribution is 6.70. The second kappa shape index (κ2) is 7.75. The molecule has 2 saturated carbocycles. The first-order valence-electron chi connectivity index (χ1n) is 11.9. The fraction of sp³-hybridized carbons (Fsp3) is 0.760. The Bertz CT molecular complexity index is 782. The van der Waals surface area contributed by atoms with E-state index < -0.39 is 16.6 Å². The maximum atomic E-state index is 6.91. The summed E-state index contributed by atoms with van der Waals surface area (Å²) in [6.07, 6.45) is 6.78. The fourth-order valence-electron chi connectivity index (χ4n) is 6.85. The highest BCUT2D eigenvalue weighted by Gasteiger charge is 2.60. The predicted molar refractivity (Wildman–Crippen MR) is 129 cm³/mol. The first kappa shape index (κ1) is 22.6. The van der Waals surface area contributed by atoms with Crippen LogP contribution in [0.25, 0.3) is 0 Å². The molecule has 0 N–H and O–H groups in total. The van der Waals surface area contributed by atoms with Gasteiger partial charge < -0.3 is 13.6 Å². The van der Waals surface area contributed by atoms with Crippen molar-refractivity contribution in [1.82, 2.24) is 0 Å². The standard InChI is InChI=1S/C25H42O3Si2/c1-25-14-13-20-19-12-10-18(26-2)15-17(19)9-11-21(20)24(25)22(27-29(3,4)5)16-23(25)28-30(6,7)8/h10,12,15,20-24H,9,11,13-14,16H2,1-8H3/t20-,21-,22+,23+,24-,25-/m1/s1. The number of aryl methyl sites for hydroxylation is 1. The molecule has 3 nitrogen and oxygen atoms in total. The molecule has 0 aliphatic heterocycles. The molecule has 168 valence electrons. The van der Waals surface area contributed by atoms with E-state index >= 15 is 0 Å². The Labute approximate surface area is 186 Å². The number of methoxy groups -OCH3 is 1. The van der Waals surface area contributed by atoms with E-state index in [1.165, 1.54) is 31.2 Å². The van der Waals surface area contributed by atoms with Gasteiger partial charge in [-0.3, -0.25) is 0 Å². The quantitative estimate of drug-likeness (QED) is 0.477. The average Bonchev–Trinajstić information content (AvgIpc) is 2.89. The van der Waals surface area contributed by atoms with E-state index in [0.717, 1.165) is 12.2 Å². The van der Waals surface area contributed by atoms with Crippen LogP contribution < -0.4 is 4.74 Å². The zero-order valence-electron chi connectivity index (χ0n) is 20.4. The van der Waals surface area contributed by atoms with Crippen molar-refractivity contribution in [2.75, 3.05) is 7.11 Å². The molecule has 0 saturated heterocycles. The maximum Gasteiger partial charge on any atom is 0.184 e. The average molecular weight is 447 g/mol. The van der Waals surface area contributed by atoms with E-state index in [1.807, 2.05) is 0 Å². The second-order valence-corrected chi connectivity index (χ2v) is 21.1. The van der Waals surface area contributed by atoms with Crippen LogP contribution in [0.5, 0.6) is 5.75 Å². The molecule has 1 aromatic rings. The SMILES string of the molecule is COc1ccc2c(c1)CC[C@H]1[C@@H]3[C@@H](O[Si](C)(C)C)C[C@H](O[Si](C)(C)C)[C@@]3(C)CC[C@H]21. The number of rotatable bonds is 5. The summed E-state index contributed by atoms with van der Waals surface area (Å²) in [4.78, 5) is 0. The third-order valence-electron chi connectivity index (χ3n) is 7.81. The summed E-state index contributed by atoms with van der Waals surface area (Å²) < 4.78 is 19.3. The lowest BCUT2D eigenvalue weighted by molar-refractivity contribution is -0.0355. The van der Waals surface area contributed by atoms with E-state index in [0.29, 0.717) is 30.0 Å². The van der Waals surface area contributed by atoms with Crippen molar-refractivity contribution in [3.05, 3.63) is 29.3 Å². The Kier molecular flexibility index (Phi) is 5.83. The first-order valence-corrected chi connectivity index (χ1v) is 18.8. The molecule has 3 aliphatic carbocycles. The molecule has 2 fully saturated rings. The molecule has 3 aliphatic rings. The van der Waals surface area contributed by atoms with Gasteiger partial charge in [0.25, 0.3) is 0 Å². The Balaban J connectivity index is 1.69. The molecule has 0 amide bonds. The molecule has 30 heavy (non-hydrogen) atoms. The third kappa shape index (κ3) is 4.19. The van der Waals surface area contributed by atoms with Crippen LogP contribution >= 0.6 is 0 Å². The fourth-order valence-corrected chi connectivity index (χ4v) is 9.22. The topological polar surface area (TPSA) is 27.7 Å². The Hall–Kier alpha value is -0.626. The minimum Gasteiger partial charge on any atom is -0.497 e. The van der Waals surface area contributed by atoms with E-state index in [1.54, 1.807) is 12.7 Å². The summed E-state index contributed by atoms with van der Waals surface area (Å²) >= 11 is 0. The molecule has 6 atom stereocenters. The molecule has 5 heteroatoms. The third-order valence-corrected chi connectivity index (χ3v) is 9.81. The maximum absolute atomic E-state index is 6.91. The van der Waals surface area contributed by atoms with Gasteiger partial charge in [0.15, 0.2) is 16.6 Å². The van der Waals surface area contributed by atoms with Crippen LogP contribution in [-0.4, -0.2) is 36.0 Å². The van der Waals surface area contributed by atoms with Crippen LogP contribution in [0.4, 0.5) is 0 Å². The zero-order chi connectivity index (χ0) is 21.9. The van der Waals surface area contributed by atoms with Crippen molar-refractivity contribution in [2.45, 2.75) is 96.4 Å². The van der Waals surface area contributed by atoms with Crippen molar-refractivity contribution in [2.24, 2.45) is 17.3 Å². The summed E-state index contributed by atoms with van der Waals surface area (Å²) in [6, 6.07) is 6.80. The van der Waals surface area contributed by atoms with Gasteiger partial charge in [-0.15, -0.1) is 0 Å². The first-order chi connectivity index (χ1) is 13.9. The lowest BCUT2D eigenvalue weighted by Gasteiger charge is -2.52. The van der Waals surface area contributed by atoms with E-state index in [2.05, 4.69) is 64.4 Å². The minimum atomic E-state index is -1.62. The predicted octanol–water partition coefficient (Wildman–Crippen LogP) is 6.60. The van der Waals surface area contributed by atoms with E-state index in [4.69, 9.17) is 13.6 Å². The smallest absolute Gasteiger partial charge is 0.184 e. The van der Waals surface area contributed by atoms with Crippen molar-refractivity contribution in [3.63, 3.8) is 0 Å². The number of ether oxygens (including phenoxy) is 1. The monoisotopic (exact) mass is 446 g/mol. The lowest BCUT2D eigenvalue weighted by atomic mass is 9.55. The number of benzene rings is 1. The molecule has 0 radical (unpaired) electrons. The summed E-state index contributed by atoms with van der Waals surface area (Å²) in [6.45, 7) is 16.6. The number of fused-ring (bicyclic) bond motifs is 5. The van der Waals surface area contributed by atoms with Gasteiger partial charge in [0.2, 0.25) is 0 Å². The van der Waals surface area contributed by atoms with E-state index in [9.17, 15) is 0 Å². The molecule has 4 rings (SSSR count). The van der Waals surface area contributed by atoms with Crippen molar-refractivity contribution >= 4 is 16.6 Å². The molecule has 0 unspecified atom stereocenters. The minimum absolute atomic E-state index is 0.246. The van der Waals surface area contributed by atoms with Crippen LogP contribution in [0.1, 0.15) is 49.7 Å². The molecular formula is C25H42O3Si2. The zero-order valence-corrected chi connectivity index (χ0v) is 22.4. The normalized spacial score (nSPS) is 36.1.